The van der Waals surface area contributed by atoms with Gasteiger partial charge in [0.1, 0.15) is 18.0 Å². The van der Waals surface area contributed by atoms with Crippen molar-refractivity contribution in [3.05, 3.63) is 11.9 Å². The van der Waals surface area contributed by atoms with Gasteiger partial charge in [0.15, 0.2) is 0 Å². The molecule has 1 aromatic rings. The first-order chi connectivity index (χ1) is 8.68. The summed E-state index contributed by atoms with van der Waals surface area (Å²) in [7, 11) is 0. The lowest BCUT2D eigenvalue weighted by Gasteiger charge is -2.40. The van der Waals surface area contributed by atoms with Crippen molar-refractivity contribution in [3.63, 3.8) is 0 Å². The normalized spacial score (nSPS) is 17.1. The van der Waals surface area contributed by atoms with Crippen molar-refractivity contribution in [1.82, 2.24) is 9.97 Å². The molecule has 2 rings (SSSR count). The molecule has 1 saturated carbocycles. The molecule has 0 atom stereocenters. The third kappa shape index (κ3) is 2.74. The number of anilines is 2. The zero-order valence-corrected chi connectivity index (χ0v) is 11.7. The van der Waals surface area contributed by atoms with Crippen molar-refractivity contribution in [2.45, 2.75) is 58.4 Å². The van der Waals surface area contributed by atoms with Crippen LogP contribution in [0.3, 0.4) is 0 Å². The van der Waals surface area contributed by atoms with Gasteiger partial charge in [-0.05, 0) is 39.0 Å². The highest BCUT2D eigenvalue weighted by molar-refractivity contribution is 5.58. The lowest BCUT2D eigenvalue weighted by Crippen LogP contribution is -2.42. The Morgan fingerprint density at radius 3 is 2.50 bits per heavy atom. The van der Waals surface area contributed by atoms with Gasteiger partial charge in [0.2, 0.25) is 0 Å². The van der Waals surface area contributed by atoms with Gasteiger partial charge in [-0.25, -0.2) is 9.97 Å². The first-order valence-corrected chi connectivity index (χ1v) is 7.04. The van der Waals surface area contributed by atoms with E-state index in [1.165, 1.54) is 24.8 Å². The first kappa shape index (κ1) is 13.1. The second kappa shape index (κ2) is 5.55. The van der Waals surface area contributed by atoms with Crippen LogP contribution in [0.4, 0.5) is 11.6 Å². The first-order valence-electron chi connectivity index (χ1n) is 7.04. The highest BCUT2D eigenvalue weighted by atomic mass is 15.1. The molecule has 0 aromatic carbocycles. The van der Waals surface area contributed by atoms with Crippen LogP contribution in [0.5, 0.6) is 0 Å². The Kier molecular flexibility index (Phi) is 4.04. The summed E-state index contributed by atoms with van der Waals surface area (Å²) >= 11 is 0. The minimum atomic E-state index is 0.236. The summed E-state index contributed by atoms with van der Waals surface area (Å²) in [6.45, 7) is 7.55. The summed E-state index contributed by atoms with van der Waals surface area (Å²) in [4.78, 5) is 8.78. The molecule has 0 unspecified atom stereocenters. The highest BCUT2D eigenvalue weighted by Gasteiger charge is 2.32. The lowest BCUT2D eigenvalue weighted by molar-refractivity contribution is 0.305. The van der Waals surface area contributed by atoms with Gasteiger partial charge in [0.05, 0.1) is 0 Å². The van der Waals surface area contributed by atoms with E-state index in [2.05, 4.69) is 41.4 Å². The van der Waals surface area contributed by atoms with Crippen molar-refractivity contribution < 1.29 is 0 Å². The number of hydrogen-bond donors (Lipinski definition) is 2. The molecule has 1 aliphatic carbocycles. The topological polar surface area (TPSA) is 49.8 Å². The second-order valence-electron chi connectivity index (χ2n) is 5.37. The van der Waals surface area contributed by atoms with Crippen LogP contribution in [0.15, 0.2) is 6.33 Å². The van der Waals surface area contributed by atoms with Crippen molar-refractivity contribution >= 4 is 11.6 Å². The van der Waals surface area contributed by atoms with Crippen LogP contribution in [0.2, 0.25) is 0 Å². The maximum absolute atomic E-state index is 4.42. The molecule has 1 heterocycles. The molecule has 4 nitrogen and oxygen atoms in total. The maximum atomic E-state index is 4.42. The van der Waals surface area contributed by atoms with Gasteiger partial charge in [-0.3, -0.25) is 0 Å². The Hall–Kier alpha value is -1.32. The number of nitrogens with one attached hydrogen (secondary N) is 2. The fourth-order valence-corrected chi connectivity index (χ4v) is 2.37. The maximum Gasteiger partial charge on any atom is 0.135 e. The molecule has 1 fully saturated rings. The highest BCUT2D eigenvalue weighted by Crippen LogP contribution is 2.35. The van der Waals surface area contributed by atoms with Crippen molar-refractivity contribution in [2.75, 3.05) is 17.2 Å². The Labute approximate surface area is 110 Å². The Morgan fingerprint density at radius 1 is 1.22 bits per heavy atom. The van der Waals surface area contributed by atoms with E-state index < -0.39 is 0 Å². The van der Waals surface area contributed by atoms with E-state index in [0.717, 1.165) is 31.0 Å². The minimum Gasteiger partial charge on any atom is -0.370 e. The number of aromatic nitrogens is 2. The Bertz CT molecular complexity index is 399. The van der Waals surface area contributed by atoms with Crippen LogP contribution in [-0.4, -0.2) is 22.1 Å². The molecule has 1 aliphatic rings. The van der Waals surface area contributed by atoms with Gasteiger partial charge in [-0.2, -0.15) is 0 Å². The zero-order chi connectivity index (χ0) is 13.0. The predicted octanol–water partition coefficient (Wildman–Crippen LogP) is 3.22. The van der Waals surface area contributed by atoms with Crippen molar-refractivity contribution in [2.24, 2.45) is 0 Å². The monoisotopic (exact) mass is 248 g/mol. The van der Waals surface area contributed by atoms with Gasteiger partial charge in [0.25, 0.3) is 0 Å². The van der Waals surface area contributed by atoms with E-state index in [1.807, 2.05) is 0 Å². The van der Waals surface area contributed by atoms with E-state index in [4.69, 9.17) is 0 Å². The second-order valence-corrected chi connectivity index (χ2v) is 5.37. The molecule has 100 valence electrons. The molecular formula is C14H24N4. The largest absolute Gasteiger partial charge is 0.370 e. The summed E-state index contributed by atoms with van der Waals surface area (Å²) in [6.07, 6.45) is 7.49. The lowest BCUT2D eigenvalue weighted by atomic mass is 9.78. The molecule has 0 saturated heterocycles. The smallest absolute Gasteiger partial charge is 0.135 e. The molecule has 4 heteroatoms. The van der Waals surface area contributed by atoms with Crippen LogP contribution >= 0.6 is 0 Å². The molecule has 2 N–H and O–H groups in total. The fraction of sp³-hybridized carbons (Fsp3) is 0.714. The Balaban J connectivity index is 2.18. The van der Waals surface area contributed by atoms with Crippen LogP contribution in [0, 0.1) is 0 Å². The quantitative estimate of drug-likeness (QED) is 0.811. The average Bonchev–Trinajstić information content (AvgIpc) is 2.34. The van der Waals surface area contributed by atoms with Crippen LogP contribution in [0.1, 0.15) is 52.0 Å². The van der Waals surface area contributed by atoms with E-state index in [1.54, 1.807) is 6.33 Å². The molecule has 0 amide bonds. The van der Waals surface area contributed by atoms with Crippen molar-refractivity contribution in [1.29, 1.82) is 0 Å². The SMILES string of the molecule is CCCNc1ncnc(NC2(C)CCC2)c1CC. The summed E-state index contributed by atoms with van der Waals surface area (Å²) in [6, 6.07) is 0. The third-order valence-corrected chi connectivity index (χ3v) is 3.72. The van der Waals surface area contributed by atoms with E-state index in [0.29, 0.717) is 0 Å². The summed E-state index contributed by atoms with van der Waals surface area (Å²) < 4.78 is 0. The summed E-state index contributed by atoms with van der Waals surface area (Å²) in [5.41, 5.74) is 1.44. The molecule has 1 aromatic heterocycles. The molecular weight excluding hydrogens is 224 g/mol. The van der Waals surface area contributed by atoms with Crippen molar-refractivity contribution in [3.8, 4) is 0 Å². The number of nitrogens with zero attached hydrogens (tertiary/aromatic N) is 2. The van der Waals surface area contributed by atoms with Gasteiger partial charge in [0, 0.05) is 17.6 Å². The number of rotatable bonds is 6. The van der Waals surface area contributed by atoms with Gasteiger partial charge < -0.3 is 10.6 Å². The minimum absolute atomic E-state index is 0.236. The third-order valence-electron chi connectivity index (χ3n) is 3.72. The van der Waals surface area contributed by atoms with Crippen LogP contribution in [-0.2, 0) is 6.42 Å². The van der Waals surface area contributed by atoms with Crippen LogP contribution < -0.4 is 10.6 Å². The van der Waals surface area contributed by atoms with Gasteiger partial charge in [-0.15, -0.1) is 0 Å². The average molecular weight is 248 g/mol. The summed E-state index contributed by atoms with van der Waals surface area (Å²) in [5.74, 6) is 1.99. The van der Waals surface area contributed by atoms with Crippen LogP contribution in [0.25, 0.3) is 0 Å². The molecule has 0 spiro atoms. The fourth-order valence-electron chi connectivity index (χ4n) is 2.37. The standard InChI is InChI=1S/C14H24N4/c1-4-9-15-12-11(5-2)13(17-10-16-12)18-14(3)7-6-8-14/h10H,4-9H2,1-3H3,(H2,15,16,17,18). The van der Waals surface area contributed by atoms with E-state index in [-0.39, 0.29) is 5.54 Å². The number of hydrogen-bond acceptors (Lipinski definition) is 4. The molecule has 18 heavy (non-hydrogen) atoms. The van der Waals surface area contributed by atoms with Gasteiger partial charge >= 0.3 is 0 Å². The molecule has 0 radical (unpaired) electrons. The van der Waals surface area contributed by atoms with E-state index in [9.17, 15) is 0 Å². The zero-order valence-electron chi connectivity index (χ0n) is 11.7. The van der Waals surface area contributed by atoms with E-state index >= 15 is 0 Å². The molecule has 0 bridgehead atoms. The predicted molar refractivity (Wildman–Crippen MR) is 76.1 cm³/mol. The Morgan fingerprint density at radius 2 is 1.94 bits per heavy atom. The summed E-state index contributed by atoms with van der Waals surface area (Å²) in [5, 5.41) is 6.98. The van der Waals surface area contributed by atoms with Gasteiger partial charge in [-0.1, -0.05) is 13.8 Å². The molecule has 0 aliphatic heterocycles.